The fourth-order valence-electron chi connectivity index (χ4n) is 17.1. The van der Waals surface area contributed by atoms with Crippen LogP contribution in [0.3, 0.4) is 0 Å². The van der Waals surface area contributed by atoms with Crippen LogP contribution in [0.2, 0.25) is 0 Å². The highest BCUT2D eigenvalue weighted by Gasteiger charge is 2.29. The minimum atomic E-state index is 0.393. The Bertz CT molecular complexity index is 1880. The zero-order valence-electron chi connectivity index (χ0n) is 82.2. The zero-order chi connectivity index (χ0) is 85.2. The molecule has 0 spiro atoms. The summed E-state index contributed by atoms with van der Waals surface area (Å²) >= 11 is 0. The van der Waals surface area contributed by atoms with E-state index >= 15 is 0 Å². The molecule has 6 atom stereocenters. The van der Waals surface area contributed by atoms with Crippen molar-refractivity contribution in [1.82, 2.24) is 57.2 Å². The molecule has 0 radical (unpaired) electrons. The number of piperidine rings is 2. The quantitative estimate of drug-likeness (QED) is 0.0998. The van der Waals surface area contributed by atoms with Gasteiger partial charge in [0.15, 0.2) is 0 Å². The topological polar surface area (TPSA) is 134 Å². The maximum Gasteiger partial charge on any atom is 0.0705 e. The Morgan fingerprint density at radius 2 is 0.607 bits per heavy atom. The lowest BCUT2D eigenvalue weighted by atomic mass is 9.81. The van der Waals surface area contributed by atoms with Crippen LogP contribution in [-0.4, -0.2) is 216 Å². The number of hydrogen-bond donors (Lipinski definition) is 8. The van der Waals surface area contributed by atoms with Gasteiger partial charge in [-0.05, 0) is 297 Å². The van der Waals surface area contributed by atoms with Gasteiger partial charge in [-0.3, -0.25) is 4.90 Å². The summed E-state index contributed by atoms with van der Waals surface area (Å²) in [6, 6.07) is 2.20. The van der Waals surface area contributed by atoms with E-state index in [-0.39, 0.29) is 0 Å². The molecule has 11 aliphatic heterocycles. The predicted molar refractivity (Wildman–Crippen MR) is 496 cm³/mol. The predicted octanol–water partition coefficient (Wildman–Crippen LogP) is 20.5. The van der Waals surface area contributed by atoms with Crippen molar-refractivity contribution in [3.8, 4) is 0 Å². The fraction of sp³-hybridized carbons (Fsp3) is 1.00. The van der Waals surface area contributed by atoms with Crippen LogP contribution in [0, 0.1) is 83.2 Å². The third-order valence-corrected chi connectivity index (χ3v) is 21.3. The van der Waals surface area contributed by atoms with Crippen molar-refractivity contribution < 1.29 is 14.2 Å². The number of nitrogens with zero attached hydrogens (tertiary/aromatic N) is 3. The van der Waals surface area contributed by atoms with Crippen molar-refractivity contribution in [2.75, 3.05) is 177 Å². The summed E-state index contributed by atoms with van der Waals surface area (Å²) in [6.07, 6.45) is 26.3. The average molecular weight is 1590 g/mol. The lowest BCUT2D eigenvalue weighted by Crippen LogP contribution is -2.44. The SMILES string of the molecule is CC(C)(C)CC1CCCN1.CC(C)(C)CC1CCCNC1.CC(C)(C)CC1CCN1.CC(C)(C)CC1CCNC1.CC(C)(C)CC1CCNCC1.CC(C)(C)CC1CNC1.CC(C)(C)CC1CNCCO1.CC(C)(C)CC1COCCN1.CC(C)(C)CN1CCC1.CC(C)(C)CN1CCCC1.CC(C)(C)CN1CCOCC1. The molecule has 11 aliphatic rings. The first-order chi connectivity index (χ1) is 51.4. The van der Waals surface area contributed by atoms with E-state index in [0.717, 1.165) is 108 Å². The number of nitrogens with one attached hydrogen (secondary N) is 8. The van der Waals surface area contributed by atoms with Gasteiger partial charge in [0, 0.05) is 70.5 Å². The molecular formula is C98H207N11O3. The van der Waals surface area contributed by atoms with Gasteiger partial charge in [0.25, 0.3) is 0 Å². The lowest BCUT2D eigenvalue weighted by molar-refractivity contribution is 0.00460. The van der Waals surface area contributed by atoms with E-state index in [9.17, 15) is 0 Å². The molecule has 11 heterocycles. The van der Waals surface area contributed by atoms with E-state index in [1.165, 1.54) is 227 Å². The van der Waals surface area contributed by atoms with Crippen molar-refractivity contribution in [3.05, 3.63) is 0 Å². The van der Waals surface area contributed by atoms with E-state index < -0.39 is 0 Å². The van der Waals surface area contributed by atoms with Gasteiger partial charge in [0.2, 0.25) is 0 Å². The van der Waals surface area contributed by atoms with Gasteiger partial charge in [-0.25, -0.2) is 0 Å². The Morgan fingerprint density at radius 1 is 0.241 bits per heavy atom. The molecule has 0 aromatic rings. The zero-order valence-corrected chi connectivity index (χ0v) is 82.2. The molecule has 0 bridgehead atoms. The van der Waals surface area contributed by atoms with E-state index in [1.54, 1.807) is 0 Å². The van der Waals surface area contributed by atoms with Crippen LogP contribution in [0.1, 0.15) is 350 Å². The van der Waals surface area contributed by atoms with Gasteiger partial charge in [0.1, 0.15) is 0 Å². The summed E-state index contributed by atoms with van der Waals surface area (Å²) < 4.78 is 16.2. The Kier molecular flexibility index (Phi) is 53.5. The first-order valence-corrected chi connectivity index (χ1v) is 47.0. The Balaban J connectivity index is 0.000000616. The number of morpholine rings is 3. The number of ether oxygens (including phenoxy) is 3. The minimum absolute atomic E-state index is 0.393. The highest BCUT2D eigenvalue weighted by Crippen LogP contribution is 2.33. The summed E-state index contributed by atoms with van der Waals surface area (Å²) in [5.41, 5.74) is 5.35. The Morgan fingerprint density at radius 3 is 0.929 bits per heavy atom. The van der Waals surface area contributed by atoms with Crippen molar-refractivity contribution in [2.45, 2.75) is 375 Å². The summed E-state index contributed by atoms with van der Waals surface area (Å²) in [5.74, 6) is 3.82. The first-order valence-electron chi connectivity index (χ1n) is 47.0. The molecule has 0 aromatic carbocycles. The molecule has 0 aliphatic carbocycles. The van der Waals surface area contributed by atoms with Gasteiger partial charge in [-0.2, -0.15) is 0 Å². The molecule has 672 valence electrons. The second kappa shape index (κ2) is 54.7. The summed E-state index contributed by atoms with van der Waals surface area (Å²) in [7, 11) is 0. The fourth-order valence-corrected chi connectivity index (χ4v) is 17.1. The van der Waals surface area contributed by atoms with E-state index in [2.05, 4.69) is 286 Å². The van der Waals surface area contributed by atoms with Crippen LogP contribution in [0.25, 0.3) is 0 Å². The van der Waals surface area contributed by atoms with Gasteiger partial charge in [-0.15, -0.1) is 0 Å². The molecule has 0 saturated carbocycles. The molecule has 112 heavy (non-hydrogen) atoms. The molecule has 14 nitrogen and oxygen atoms in total. The van der Waals surface area contributed by atoms with Crippen LogP contribution in [-0.2, 0) is 14.2 Å². The largest absolute Gasteiger partial charge is 0.379 e. The highest BCUT2D eigenvalue weighted by atomic mass is 16.5. The summed E-state index contributed by atoms with van der Waals surface area (Å²) in [4.78, 5) is 7.56. The van der Waals surface area contributed by atoms with Crippen molar-refractivity contribution in [1.29, 1.82) is 0 Å². The van der Waals surface area contributed by atoms with Crippen LogP contribution in [0.4, 0.5) is 0 Å². The average Bonchev–Trinajstić information content (AvgIpc) is 1.12. The molecular weight excluding hydrogens is 1380 g/mol. The van der Waals surface area contributed by atoms with Crippen LogP contribution < -0.4 is 42.5 Å². The third kappa shape index (κ3) is 72.3. The number of hydrogen-bond acceptors (Lipinski definition) is 14. The van der Waals surface area contributed by atoms with E-state index in [0.29, 0.717) is 71.7 Å². The molecule has 0 amide bonds. The molecule has 11 saturated heterocycles. The van der Waals surface area contributed by atoms with E-state index in [4.69, 9.17) is 14.2 Å². The van der Waals surface area contributed by atoms with Crippen molar-refractivity contribution >= 4 is 0 Å². The van der Waals surface area contributed by atoms with Crippen molar-refractivity contribution in [2.24, 2.45) is 83.2 Å². The van der Waals surface area contributed by atoms with Gasteiger partial charge in [-0.1, -0.05) is 228 Å². The number of likely N-dealkylation sites (tertiary alicyclic amines) is 2. The Hall–Kier alpha value is -0.560. The van der Waals surface area contributed by atoms with E-state index in [1.807, 2.05) is 0 Å². The van der Waals surface area contributed by atoms with Crippen LogP contribution in [0.5, 0.6) is 0 Å². The molecule has 8 N–H and O–H groups in total. The molecule has 11 fully saturated rings. The smallest absolute Gasteiger partial charge is 0.0705 e. The lowest BCUT2D eigenvalue weighted by Gasteiger charge is -2.36. The molecule has 11 rings (SSSR count). The minimum Gasteiger partial charge on any atom is -0.379 e. The second-order valence-corrected chi connectivity index (χ2v) is 49.7. The summed E-state index contributed by atoms with van der Waals surface area (Å²) in [6.45, 7) is 107. The molecule has 0 aromatic heterocycles. The monoisotopic (exact) mass is 1590 g/mol. The highest BCUT2D eigenvalue weighted by molar-refractivity contribution is 4.85. The molecule has 14 heteroatoms. The maximum atomic E-state index is 5.59. The Labute approximate surface area is 702 Å². The van der Waals surface area contributed by atoms with Gasteiger partial charge < -0.3 is 66.5 Å². The maximum absolute atomic E-state index is 5.59. The number of rotatable bonds is 11. The van der Waals surface area contributed by atoms with Crippen LogP contribution >= 0.6 is 0 Å². The van der Waals surface area contributed by atoms with Crippen molar-refractivity contribution in [3.63, 3.8) is 0 Å². The standard InChI is InChI=1S/2C10H21N.3C9H19NO.3C9H19N.3C8H17N/c1-10(2,3)8-9-4-6-11-7-5-9;1-10(2,3)7-9-5-4-6-11-8-9;1-9(2,3)8-10-4-6-11-7-5-10;1-9(2,3)6-8-7-11-5-4-10-8;1-9(2,3)6-8-7-10-4-5-11-8;1-9(2,3)6-8-4-5-10-7-8;1-9(2,3)7-8-5-4-6-10-8;1-9(2,3)8-10-6-4-5-7-10;1-8(2,3)4-7-5-9-6-7;1-8(2,3)6-7-4-5-9-7;1-8(2,3)7-9-5-4-6-9/h2*9,11H,4-8H2,1-3H3;4-8H2,1-3H3;2*8,10H,4-7H2,1-3H3;2*8,10H,4-7H2,1-3H3;4-8H2,1-3H3;2*7,9H,4-6H2,1-3H3;4-7H2,1-3H3. The third-order valence-electron chi connectivity index (χ3n) is 21.3. The van der Waals surface area contributed by atoms with Gasteiger partial charge >= 0.3 is 0 Å². The van der Waals surface area contributed by atoms with Crippen LogP contribution in [0.15, 0.2) is 0 Å². The normalized spacial score (nSPS) is 24.8. The van der Waals surface area contributed by atoms with Gasteiger partial charge in [0.05, 0.1) is 39.1 Å². The second-order valence-electron chi connectivity index (χ2n) is 49.7. The molecule has 6 unspecified atom stereocenters. The first kappa shape index (κ1) is 109. The summed E-state index contributed by atoms with van der Waals surface area (Å²) in [5, 5.41) is 27.2.